The Kier molecular flexibility index (Phi) is 2.35. The maximum Gasteiger partial charge on any atom is 0.206 e. The van der Waals surface area contributed by atoms with E-state index in [9.17, 15) is 0 Å². The lowest BCUT2D eigenvalue weighted by molar-refractivity contribution is 1.24. The molecule has 4 rings (SSSR count). The molecular formula is C15H11N5. The number of anilines is 2. The van der Waals surface area contributed by atoms with Gasteiger partial charge in [-0.25, -0.2) is 15.0 Å². The molecule has 0 bridgehead atoms. The van der Waals surface area contributed by atoms with Crippen molar-refractivity contribution in [3.05, 3.63) is 54.7 Å². The number of aromatic nitrogens is 4. The molecule has 0 aliphatic heterocycles. The second kappa shape index (κ2) is 4.31. The highest BCUT2D eigenvalue weighted by atomic mass is 15.2. The Balaban J connectivity index is 1.72. The van der Waals surface area contributed by atoms with Gasteiger partial charge in [-0.3, -0.25) is 0 Å². The van der Waals surface area contributed by atoms with Gasteiger partial charge in [0.1, 0.15) is 5.82 Å². The number of hydrogen-bond donors (Lipinski definition) is 2. The molecule has 0 saturated heterocycles. The molecule has 20 heavy (non-hydrogen) atoms. The molecule has 5 heteroatoms. The van der Waals surface area contributed by atoms with E-state index in [4.69, 9.17) is 0 Å². The summed E-state index contributed by atoms with van der Waals surface area (Å²) in [5, 5.41) is 4.18. The Bertz CT molecular complexity index is 864. The predicted octanol–water partition coefficient (Wildman–Crippen LogP) is 3.25. The fourth-order valence-electron chi connectivity index (χ4n) is 2.16. The SMILES string of the molecule is c1cnc2nc(Nc3nc4ccccc4[nH]3)ccc2c1. The third-order valence-corrected chi connectivity index (χ3v) is 3.10. The van der Waals surface area contributed by atoms with Gasteiger partial charge in [0.25, 0.3) is 0 Å². The predicted molar refractivity (Wildman–Crippen MR) is 78.9 cm³/mol. The van der Waals surface area contributed by atoms with Gasteiger partial charge in [-0.05, 0) is 36.4 Å². The number of rotatable bonds is 2. The zero-order valence-corrected chi connectivity index (χ0v) is 10.5. The van der Waals surface area contributed by atoms with E-state index in [2.05, 4.69) is 25.3 Å². The molecule has 0 spiro atoms. The molecule has 0 radical (unpaired) electrons. The minimum Gasteiger partial charge on any atom is -0.324 e. The summed E-state index contributed by atoms with van der Waals surface area (Å²) >= 11 is 0. The molecule has 2 N–H and O–H groups in total. The molecule has 96 valence electrons. The Labute approximate surface area is 114 Å². The van der Waals surface area contributed by atoms with Gasteiger partial charge in [-0.2, -0.15) is 0 Å². The molecule has 1 aromatic carbocycles. The number of nitrogens with zero attached hydrogens (tertiary/aromatic N) is 3. The molecule has 0 amide bonds. The lowest BCUT2D eigenvalue weighted by Gasteiger charge is -2.02. The largest absolute Gasteiger partial charge is 0.324 e. The van der Waals surface area contributed by atoms with Crippen LogP contribution in [-0.2, 0) is 0 Å². The molecule has 3 heterocycles. The lowest BCUT2D eigenvalue weighted by Crippen LogP contribution is -1.96. The van der Waals surface area contributed by atoms with Crippen molar-refractivity contribution in [1.29, 1.82) is 0 Å². The van der Waals surface area contributed by atoms with Gasteiger partial charge >= 0.3 is 0 Å². The molecular weight excluding hydrogens is 250 g/mol. The minimum absolute atomic E-state index is 0.675. The van der Waals surface area contributed by atoms with Crippen LogP contribution in [0.2, 0.25) is 0 Å². The van der Waals surface area contributed by atoms with Gasteiger partial charge in [-0.1, -0.05) is 12.1 Å². The van der Waals surface area contributed by atoms with Crippen LogP contribution in [0.4, 0.5) is 11.8 Å². The fourth-order valence-corrected chi connectivity index (χ4v) is 2.16. The monoisotopic (exact) mass is 261 g/mol. The zero-order chi connectivity index (χ0) is 13.4. The van der Waals surface area contributed by atoms with Crippen molar-refractivity contribution >= 4 is 33.8 Å². The van der Waals surface area contributed by atoms with Gasteiger partial charge in [-0.15, -0.1) is 0 Å². The standard InChI is InChI=1S/C15H11N5/c1-2-6-12-11(5-1)17-15(18-12)20-13-8-7-10-4-3-9-16-14(10)19-13/h1-9H,(H2,16,17,18,19,20). The third kappa shape index (κ3) is 1.85. The first-order valence-corrected chi connectivity index (χ1v) is 6.32. The van der Waals surface area contributed by atoms with Crippen molar-refractivity contribution in [1.82, 2.24) is 19.9 Å². The molecule has 0 fully saturated rings. The first-order chi connectivity index (χ1) is 9.88. The first-order valence-electron chi connectivity index (χ1n) is 6.32. The van der Waals surface area contributed by atoms with Crippen molar-refractivity contribution < 1.29 is 0 Å². The fraction of sp³-hybridized carbons (Fsp3) is 0. The normalized spacial score (nSPS) is 11.0. The Morgan fingerprint density at radius 2 is 1.85 bits per heavy atom. The van der Waals surface area contributed by atoms with Crippen LogP contribution in [0.15, 0.2) is 54.7 Å². The summed E-state index contributed by atoms with van der Waals surface area (Å²) in [5.74, 6) is 1.39. The van der Waals surface area contributed by atoms with Gasteiger partial charge in [0.05, 0.1) is 11.0 Å². The van der Waals surface area contributed by atoms with Gasteiger partial charge in [0.15, 0.2) is 5.65 Å². The van der Waals surface area contributed by atoms with E-state index in [1.54, 1.807) is 6.20 Å². The summed E-state index contributed by atoms with van der Waals surface area (Å²) < 4.78 is 0. The Morgan fingerprint density at radius 1 is 0.900 bits per heavy atom. The number of hydrogen-bond acceptors (Lipinski definition) is 4. The zero-order valence-electron chi connectivity index (χ0n) is 10.5. The molecule has 0 aliphatic carbocycles. The van der Waals surface area contributed by atoms with E-state index in [0.717, 1.165) is 22.2 Å². The minimum atomic E-state index is 0.675. The average molecular weight is 261 g/mol. The van der Waals surface area contributed by atoms with Crippen molar-refractivity contribution in [3.8, 4) is 0 Å². The number of H-pyrrole nitrogens is 1. The quantitative estimate of drug-likeness (QED) is 0.581. The summed E-state index contributed by atoms with van der Waals surface area (Å²) in [6.45, 7) is 0. The summed E-state index contributed by atoms with van der Waals surface area (Å²) in [6.07, 6.45) is 1.74. The Hall–Kier alpha value is -2.95. The highest BCUT2D eigenvalue weighted by molar-refractivity contribution is 5.79. The van der Waals surface area contributed by atoms with Gasteiger partial charge in [0.2, 0.25) is 5.95 Å². The van der Waals surface area contributed by atoms with E-state index in [1.807, 2.05) is 48.5 Å². The number of nitrogens with one attached hydrogen (secondary N) is 2. The smallest absolute Gasteiger partial charge is 0.206 e. The maximum atomic E-state index is 4.46. The summed E-state index contributed by atoms with van der Waals surface area (Å²) in [6, 6.07) is 15.7. The number of para-hydroxylation sites is 2. The number of fused-ring (bicyclic) bond motifs is 2. The van der Waals surface area contributed by atoms with Crippen molar-refractivity contribution in [2.45, 2.75) is 0 Å². The molecule has 0 unspecified atom stereocenters. The van der Waals surface area contributed by atoms with Crippen LogP contribution in [0.25, 0.3) is 22.1 Å². The molecule has 3 aromatic heterocycles. The maximum absolute atomic E-state index is 4.46. The van der Waals surface area contributed by atoms with E-state index in [0.29, 0.717) is 11.6 Å². The third-order valence-electron chi connectivity index (χ3n) is 3.10. The summed E-state index contributed by atoms with van der Waals surface area (Å²) in [4.78, 5) is 16.4. The van der Waals surface area contributed by atoms with E-state index in [1.165, 1.54) is 0 Å². The number of imidazole rings is 1. The molecule has 0 aliphatic rings. The lowest BCUT2D eigenvalue weighted by atomic mass is 10.3. The summed E-state index contributed by atoms with van der Waals surface area (Å²) in [5.41, 5.74) is 2.64. The second-order valence-electron chi connectivity index (χ2n) is 4.47. The van der Waals surface area contributed by atoms with Crippen LogP contribution < -0.4 is 5.32 Å². The number of benzene rings is 1. The van der Waals surface area contributed by atoms with Crippen LogP contribution in [0.3, 0.4) is 0 Å². The van der Waals surface area contributed by atoms with Gasteiger partial charge < -0.3 is 10.3 Å². The van der Waals surface area contributed by atoms with E-state index >= 15 is 0 Å². The van der Waals surface area contributed by atoms with Crippen molar-refractivity contribution in [2.24, 2.45) is 0 Å². The molecule has 5 nitrogen and oxygen atoms in total. The highest BCUT2D eigenvalue weighted by Crippen LogP contribution is 2.18. The number of pyridine rings is 2. The van der Waals surface area contributed by atoms with Gasteiger partial charge in [0, 0.05) is 11.6 Å². The van der Waals surface area contributed by atoms with Crippen LogP contribution >= 0.6 is 0 Å². The second-order valence-corrected chi connectivity index (χ2v) is 4.47. The molecule has 0 saturated carbocycles. The molecule has 0 atom stereocenters. The average Bonchev–Trinajstić information content (AvgIpc) is 2.89. The topological polar surface area (TPSA) is 66.5 Å². The Morgan fingerprint density at radius 3 is 2.80 bits per heavy atom. The highest BCUT2D eigenvalue weighted by Gasteiger charge is 2.04. The molecule has 4 aromatic rings. The van der Waals surface area contributed by atoms with Crippen LogP contribution in [-0.4, -0.2) is 19.9 Å². The van der Waals surface area contributed by atoms with Crippen LogP contribution in [0.1, 0.15) is 0 Å². The van der Waals surface area contributed by atoms with Crippen molar-refractivity contribution in [3.63, 3.8) is 0 Å². The first kappa shape index (κ1) is 10.9. The van der Waals surface area contributed by atoms with Crippen molar-refractivity contribution in [2.75, 3.05) is 5.32 Å². The van der Waals surface area contributed by atoms with Crippen LogP contribution in [0.5, 0.6) is 0 Å². The van der Waals surface area contributed by atoms with Crippen LogP contribution in [0, 0.1) is 0 Å². The van der Waals surface area contributed by atoms with E-state index in [-0.39, 0.29) is 0 Å². The number of aromatic amines is 1. The van der Waals surface area contributed by atoms with E-state index < -0.39 is 0 Å². The summed E-state index contributed by atoms with van der Waals surface area (Å²) in [7, 11) is 0.